The van der Waals surface area contributed by atoms with E-state index in [0.29, 0.717) is 0 Å². The van der Waals surface area contributed by atoms with Crippen molar-refractivity contribution in [3.8, 4) is 0 Å². The number of rotatable bonds is 2. The fourth-order valence-electron chi connectivity index (χ4n) is 1.32. The molecule has 0 radical (unpaired) electrons. The lowest BCUT2D eigenvalue weighted by Crippen LogP contribution is -1.93. The molecule has 5 heteroatoms. The second kappa shape index (κ2) is 5.87. The summed E-state index contributed by atoms with van der Waals surface area (Å²) in [5, 5.41) is 3.36. The van der Waals surface area contributed by atoms with Crippen molar-refractivity contribution in [3.63, 3.8) is 0 Å². The summed E-state index contributed by atoms with van der Waals surface area (Å²) < 4.78 is 4.08. The molecule has 0 aliphatic heterocycles. The van der Waals surface area contributed by atoms with Crippen molar-refractivity contribution in [1.29, 1.82) is 0 Å². The quantitative estimate of drug-likeness (QED) is 0.481. The fourth-order valence-corrected chi connectivity index (χ4v) is 3.05. The molecular weight excluding hydrogens is 478 g/mol. The van der Waals surface area contributed by atoms with Gasteiger partial charge in [0.05, 0.1) is 10.2 Å². The van der Waals surface area contributed by atoms with Gasteiger partial charge in [-0.15, -0.1) is 0 Å². The van der Waals surface area contributed by atoms with Crippen LogP contribution in [0.3, 0.4) is 0 Å². The normalized spacial score (nSPS) is 10.4. The maximum atomic E-state index is 3.55. The van der Waals surface area contributed by atoms with Gasteiger partial charge in [-0.1, -0.05) is 15.9 Å². The van der Waals surface area contributed by atoms with Crippen LogP contribution in [0.4, 0.5) is 11.4 Å². The van der Waals surface area contributed by atoms with Crippen molar-refractivity contribution in [2.24, 2.45) is 0 Å². The lowest BCUT2D eigenvalue weighted by atomic mass is 10.3. The van der Waals surface area contributed by atoms with Crippen molar-refractivity contribution >= 4 is 75.1 Å². The summed E-state index contributed by atoms with van der Waals surface area (Å²) in [4.78, 5) is 0. The molecule has 88 valence electrons. The third-order valence-electron chi connectivity index (χ3n) is 2.16. The molecule has 0 spiro atoms. The van der Waals surface area contributed by atoms with Crippen LogP contribution in [0.5, 0.6) is 0 Å². The third kappa shape index (κ3) is 3.34. The second-order valence-corrected chi connectivity index (χ2v) is 6.77. The first-order valence-corrected chi connectivity index (χ1v) is 7.91. The maximum Gasteiger partial charge on any atom is 0.0684 e. The Bertz CT molecular complexity index is 537. The van der Waals surface area contributed by atoms with Gasteiger partial charge in [0.25, 0.3) is 0 Å². The van der Waals surface area contributed by atoms with E-state index in [1.54, 1.807) is 0 Å². The maximum absolute atomic E-state index is 3.55. The molecule has 2 aromatic rings. The van der Waals surface area contributed by atoms with Crippen LogP contribution >= 0.6 is 63.7 Å². The topological polar surface area (TPSA) is 12.0 Å². The molecule has 0 bridgehead atoms. The summed E-state index contributed by atoms with van der Waals surface area (Å²) in [6, 6.07) is 12.0. The average Bonchev–Trinajstić information content (AvgIpc) is 2.32. The van der Waals surface area contributed by atoms with Crippen LogP contribution < -0.4 is 5.32 Å². The molecule has 0 atom stereocenters. The summed E-state index contributed by atoms with van der Waals surface area (Å²) in [5.74, 6) is 0. The highest BCUT2D eigenvalue weighted by Crippen LogP contribution is 2.38. The van der Waals surface area contributed by atoms with Gasteiger partial charge in [-0.05, 0) is 84.2 Å². The lowest BCUT2D eigenvalue weighted by molar-refractivity contribution is 1.47. The van der Waals surface area contributed by atoms with Gasteiger partial charge >= 0.3 is 0 Å². The zero-order valence-electron chi connectivity index (χ0n) is 8.48. The largest absolute Gasteiger partial charge is 0.354 e. The first-order chi connectivity index (χ1) is 8.08. The van der Waals surface area contributed by atoms with Gasteiger partial charge in [-0.2, -0.15) is 0 Å². The van der Waals surface area contributed by atoms with Crippen molar-refractivity contribution in [2.45, 2.75) is 0 Å². The molecule has 1 N–H and O–H groups in total. The second-order valence-electron chi connectivity index (χ2n) is 3.35. The molecule has 0 fully saturated rings. The van der Waals surface area contributed by atoms with E-state index in [1.165, 1.54) is 0 Å². The molecule has 0 unspecified atom stereocenters. The van der Waals surface area contributed by atoms with E-state index in [2.05, 4.69) is 69.0 Å². The Morgan fingerprint density at radius 1 is 0.706 bits per heavy atom. The minimum Gasteiger partial charge on any atom is -0.354 e. The smallest absolute Gasteiger partial charge is 0.0684 e. The molecule has 0 saturated heterocycles. The molecule has 1 nitrogen and oxygen atoms in total. The molecule has 0 aromatic heterocycles. The zero-order valence-corrected chi connectivity index (χ0v) is 14.8. The monoisotopic (exact) mass is 481 g/mol. The van der Waals surface area contributed by atoms with Crippen LogP contribution in [-0.4, -0.2) is 0 Å². The Kier molecular flexibility index (Phi) is 4.69. The van der Waals surface area contributed by atoms with E-state index in [4.69, 9.17) is 0 Å². The third-order valence-corrected chi connectivity index (χ3v) is 5.36. The molecule has 2 rings (SSSR count). The first kappa shape index (κ1) is 13.6. The number of hydrogen-bond acceptors (Lipinski definition) is 1. The predicted molar refractivity (Wildman–Crippen MR) is 87.0 cm³/mol. The Morgan fingerprint density at radius 3 is 1.94 bits per heavy atom. The predicted octanol–water partition coefficient (Wildman–Crippen LogP) is 6.48. The zero-order chi connectivity index (χ0) is 12.4. The Hall–Kier alpha value is 0.160. The van der Waals surface area contributed by atoms with Gasteiger partial charge in [0, 0.05) is 19.1 Å². The van der Waals surface area contributed by atoms with Crippen molar-refractivity contribution in [1.82, 2.24) is 0 Å². The molecule has 0 aliphatic rings. The van der Waals surface area contributed by atoms with Crippen molar-refractivity contribution < 1.29 is 0 Å². The summed E-state index contributed by atoms with van der Waals surface area (Å²) >= 11 is 14.0. The summed E-state index contributed by atoms with van der Waals surface area (Å²) in [7, 11) is 0. The Morgan fingerprint density at radius 2 is 1.29 bits per heavy atom. The molecular formula is C12H7Br4N. The molecule has 17 heavy (non-hydrogen) atoms. The van der Waals surface area contributed by atoms with Crippen LogP contribution in [0.25, 0.3) is 0 Å². The van der Waals surface area contributed by atoms with Crippen LogP contribution in [-0.2, 0) is 0 Å². The molecule has 0 aliphatic carbocycles. The van der Waals surface area contributed by atoms with E-state index < -0.39 is 0 Å². The summed E-state index contributed by atoms with van der Waals surface area (Å²) in [6.07, 6.45) is 0. The Balaban J connectivity index is 2.36. The van der Waals surface area contributed by atoms with Crippen LogP contribution in [0.15, 0.2) is 54.3 Å². The SMILES string of the molecule is Brc1ccc(Nc2c(Br)ccc(Br)c2Br)cc1. The lowest BCUT2D eigenvalue weighted by Gasteiger charge is -2.12. The van der Waals surface area contributed by atoms with Gasteiger partial charge in [0.15, 0.2) is 0 Å². The van der Waals surface area contributed by atoms with E-state index >= 15 is 0 Å². The van der Waals surface area contributed by atoms with E-state index in [9.17, 15) is 0 Å². The number of anilines is 2. The van der Waals surface area contributed by atoms with Gasteiger partial charge in [-0.3, -0.25) is 0 Å². The minimum atomic E-state index is 0.995. The van der Waals surface area contributed by atoms with Crippen LogP contribution in [0, 0.1) is 0 Å². The minimum absolute atomic E-state index is 0.995. The molecule has 0 amide bonds. The molecule has 0 saturated carbocycles. The van der Waals surface area contributed by atoms with E-state index in [1.807, 2.05) is 36.4 Å². The fraction of sp³-hybridized carbons (Fsp3) is 0. The summed E-state index contributed by atoms with van der Waals surface area (Å²) in [6.45, 7) is 0. The van der Waals surface area contributed by atoms with Gasteiger partial charge in [0.2, 0.25) is 0 Å². The number of nitrogens with one attached hydrogen (secondary N) is 1. The highest BCUT2D eigenvalue weighted by atomic mass is 79.9. The highest BCUT2D eigenvalue weighted by Gasteiger charge is 2.08. The number of halogens is 4. The molecule has 0 heterocycles. The van der Waals surface area contributed by atoms with E-state index in [-0.39, 0.29) is 0 Å². The number of hydrogen-bond donors (Lipinski definition) is 1. The van der Waals surface area contributed by atoms with Gasteiger partial charge in [0.1, 0.15) is 0 Å². The number of benzene rings is 2. The van der Waals surface area contributed by atoms with Crippen LogP contribution in [0.1, 0.15) is 0 Å². The van der Waals surface area contributed by atoms with E-state index in [0.717, 1.165) is 29.3 Å². The summed E-state index contributed by atoms with van der Waals surface area (Å²) in [5.41, 5.74) is 2.04. The molecule has 2 aromatic carbocycles. The van der Waals surface area contributed by atoms with Gasteiger partial charge in [-0.25, -0.2) is 0 Å². The average molecular weight is 485 g/mol. The van der Waals surface area contributed by atoms with Crippen molar-refractivity contribution in [2.75, 3.05) is 5.32 Å². The van der Waals surface area contributed by atoms with Crippen LogP contribution in [0.2, 0.25) is 0 Å². The highest BCUT2D eigenvalue weighted by molar-refractivity contribution is 9.13. The van der Waals surface area contributed by atoms with Crippen molar-refractivity contribution in [3.05, 3.63) is 54.3 Å². The Labute approximate surface area is 134 Å². The first-order valence-electron chi connectivity index (χ1n) is 4.74. The standard InChI is InChI=1S/C12H7Br4N/c13-7-1-3-8(4-2-7)17-12-10(15)6-5-9(14)11(12)16/h1-6,17H. The van der Waals surface area contributed by atoms with Gasteiger partial charge < -0.3 is 5.32 Å².